The van der Waals surface area contributed by atoms with Crippen LogP contribution in [-0.4, -0.2) is 54.2 Å². The highest BCUT2D eigenvalue weighted by molar-refractivity contribution is 7.22. The average molecular weight is 344 g/mol. The van der Waals surface area contributed by atoms with E-state index in [0.717, 1.165) is 47.1 Å². The number of amides is 2. The number of nitrogens with zero attached hydrogens (tertiary/aromatic N) is 3. The van der Waals surface area contributed by atoms with Gasteiger partial charge in [-0.25, -0.2) is 9.78 Å². The number of likely N-dealkylation sites (tertiary alicyclic amines) is 1. The molecule has 7 heteroatoms. The number of piperidine rings is 1. The fourth-order valence-corrected chi connectivity index (χ4v) is 5.15. The van der Waals surface area contributed by atoms with Gasteiger partial charge in [-0.3, -0.25) is 4.90 Å². The van der Waals surface area contributed by atoms with E-state index >= 15 is 0 Å². The number of fused-ring (bicyclic) bond motifs is 4. The summed E-state index contributed by atoms with van der Waals surface area (Å²) in [6.07, 6.45) is 1.87. The SMILES string of the molecule is C[C@H]1C[C@@H]2[C@H](CN1C)NC(=O)N2c1nc2c3c(ccc2s1)OCC3. The van der Waals surface area contributed by atoms with Gasteiger partial charge in [-0.15, -0.1) is 0 Å². The van der Waals surface area contributed by atoms with Crippen molar-refractivity contribution in [1.29, 1.82) is 0 Å². The smallest absolute Gasteiger partial charge is 0.324 e. The Morgan fingerprint density at radius 1 is 1.42 bits per heavy atom. The first-order valence-electron chi connectivity index (χ1n) is 8.47. The molecule has 2 fully saturated rings. The minimum Gasteiger partial charge on any atom is -0.493 e. The van der Waals surface area contributed by atoms with Crippen LogP contribution in [0.4, 0.5) is 9.93 Å². The highest BCUT2D eigenvalue weighted by Crippen LogP contribution is 2.40. The predicted octanol–water partition coefficient (Wildman–Crippen LogP) is 2.22. The van der Waals surface area contributed by atoms with Gasteiger partial charge in [0.15, 0.2) is 5.13 Å². The Morgan fingerprint density at radius 2 is 2.29 bits per heavy atom. The van der Waals surface area contributed by atoms with Crippen LogP contribution in [-0.2, 0) is 6.42 Å². The van der Waals surface area contributed by atoms with E-state index in [-0.39, 0.29) is 18.1 Å². The standard InChI is InChI=1S/C17H20N4O2S/c1-9-7-12-11(8-20(9)2)18-16(22)21(12)17-19-15-10-5-6-23-13(10)3-4-14(15)24-17/h3-4,9,11-12H,5-8H2,1-2H3,(H,18,22)/t9-,11-,12+/m0/s1. The molecule has 2 amide bonds. The van der Waals surface area contributed by atoms with Gasteiger partial charge in [0.05, 0.1) is 28.9 Å². The van der Waals surface area contributed by atoms with Crippen molar-refractivity contribution in [2.45, 2.75) is 37.9 Å². The molecule has 0 saturated carbocycles. The number of carbonyl (C=O) groups is 1. The van der Waals surface area contributed by atoms with E-state index in [4.69, 9.17) is 9.72 Å². The number of thiazole rings is 1. The molecule has 2 saturated heterocycles. The number of carbonyl (C=O) groups excluding carboxylic acids is 1. The molecular weight excluding hydrogens is 324 g/mol. The molecule has 126 valence electrons. The third kappa shape index (κ3) is 1.97. The van der Waals surface area contributed by atoms with E-state index in [1.165, 1.54) is 5.56 Å². The van der Waals surface area contributed by atoms with Gasteiger partial charge < -0.3 is 15.0 Å². The number of urea groups is 1. The van der Waals surface area contributed by atoms with E-state index in [2.05, 4.69) is 30.3 Å². The van der Waals surface area contributed by atoms with Crippen LogP contribution >= 0.6 is 11.3 Å². The maximum absolute atomic E-state index is 12.6. The number of hydrogen-bond donors (Lipinski definition) is 1. The molecule has 1 aromatic heterocycles. The summed E-state index contributed by atoms with van der Waals surface area (Å²) in [6, 6.07) is 4.90. The number of hydrogen-bond acceptors (Lipinski definition) is 5. The molecule has 6 nitrogen and oxygen atoms in total. The Morgan fingerprint density at radius 3 is 3.17 bits per heavy atom. The summed E-state index contributed by atoms with van der Waals surface area (Å²) in [5.74, 6) is 0.941. The summed E-state index contributed by atoms with van der Waals surface area (Å²) in [5, 5.41) is 3.95. The van der Waals surface area contributed by atoms with Crippen molar-refractivity contribution in [3.8, 4) is 5.75 Å². The molecule has 0 radical (unpaired) electrons. The maximum atomic E-state index is 12.6. The van der Waals surface area contributed by atoms with Crippen LogP contribution in [0, 0.1) is 0 Å². The molecule has 1 N–H and O–H groups in total. The minimum atomic E-state index is -0.0144. The van der Waals surface area contributed by atoms with Crippen molar-refractivity contribution in [3.05, 3.63) is 17.7 Å². The van der Waals surface area contributed by atoms with Crippen LogP contribution in [0.2, 0.25) is 0 Å². The van der Waals surface area contributed by atoms with Crippen molar-refractivity contribution in [2.24, 2.45) is 0 Å². The molecule has 4 heterocycles. The van der Waals surface area contributed by atoms with Gasteiger partial charge in [0.25, 0.3) is 0 Å². The summed E-state index contributed by atoms with van der Waals surface area (Å²) in [5.41, 5.74) is 2.19. The van der Waals surface area contributed by atoms with E-state index in [9.17, 15) is 4.79 Å². The second kappa shape index (κ2) is 5.07. The maximum Gasteiger partial charge on any atom is 0.324 e. The van der Waals surface area contributed by atoms with Crippen LogP contribution in [0.3, 0.4) is 0 Å². The molecule has 0 bridgehead atoms. The molecule has 24 heavy (non-hydrogen) atoms. The highest BCUT2D eigenvalue weighted by atomic mass is 32.1. The normalized spacial score (nSPS) is 29.5. The Labute approximate surface area is 144 Å². The molecule has 3 aliphatic heterocycles. The molecular formula is C17H20N4O2S. The second-order valence-corrected chi connectivity index (χ2v) is 8.01. The lowest BCUT2D eigenvalue weighted by Crippen LogP contribution is -2.53. The number of likely N-dealkylation sites (N-methyl/N-ethyl adjacent to an activating group) is 1. The summed E-state index contributed by atoms with van der Waals surface area (Å²) < 4.78 is 6.77. The Hall–Kier alpha value is -1.86. The van der Waals surface area contributed by atoms with Gasteiger partial charge in [0, 0.05) is 24.6 Å². The van der Waals surface area contributed by atoms with Gasteiger partial charge in [-0.05, 0) is 32.5 Å². The quantitative estimate of drug-likeness (QED) is 0.862. The first-order chi connectivity index (χ1) is 11.6. The van der Waals surface area contributed by atoms with Crippen molar-refractivity contribution < 1.29 is 9.53 Å². The lowest BCUT2D eigenvalue weighted by atomic mass is 9.95. The fourth-order valence-electron chi connectivity index (χ4n) is 4.10. The number of nitrogens with one attached hydrogen (secondary N) is 1. The monoisotopic (exact) mass is 344 g/mol. The average Bonchev–Trinajstić information content (AvgIpc) is 3.22. The number of benzene rings is 1. The molecule has 0 unspecified atom stereocenters. The zero-order chi connectivity index (χ0) is 16.4. The Balaban J connectivity index is 1.56. The number of rotatable bonds is 1. The third-order valence-corrected chi connectivity index (χ3v) is 6.59. The summed E-state index contributed by atoms with van der Waals surface area (Å²) in [6.45, 7) is 3.84. The number of ether oxygens (including phenoxy) is 1. The molecule has 5 rings (SSSR count). The molecule has 0 spiro atoms. The van der Waals surface area contributed by atoms with Gasteiger partial charge in [-0.1, -0.05) is 11.3 Å². The lowest BCUT2D eigenvalue weighted by molar-refractivity contribution is 0.166. The van der Waals surface area contributed by atoms with Crippen molar-refractivity contribution in [3.63, 3.8) is 0 Å². The predicted molar refractivity (Wildman–Crippen MR) is 94.1 cm³/mol. The van der Waals surface area contributed by atoms with Crippen LogP contribution < -0.4 is 15.0 Å². The van der Waals surface area contributed by atoms with Gasteiger partial charge >= 0.3 is 6.03 Å². The zero-order valence-electron chi connectivity index (χ0n) is 13.8. The Bertz CT molecular complexity index is 835. The van der Waals surface area contributed by atoms with Gasteiger partial charge in [0.2, 0.25) is 0 Å². The van der Waals surface area contributed by atoms with Crippen molar-refractivity contribution in [2.75, 3.05) is 25.1 Å². The summed E-state index contributed by atoms with van der Waals surface area (Å²) >= 11 is 1.61. The van der Waals surface area contributed by atoms with Gasteiger partial charge in [0.1, 0.15) is 5.75 Å². The molecule has 1 aromatic carbocycles. The van der Waals surface area contributed by atoms with Crippen molar-refractivity contribution in [1.82, 2.24) is 15.2 Å². The molecule has 3 atom stereocenters. The minimum absolute atomic E-state index is 0.0144. The van der Waals surface area contributed by atoms with Crippen LogP contribution in [0.25, 0.3) is 10.2 Å². The van der Waals surface area contributed by atoms with E-state index in [0.29, 0.717) is 6.04 Å². The number of anilines is 1. The first-order valence-corrected chi connectivity index (χ1v) is 9.28. The van der Waals surface area contributed by atoms with Crippen molar-refractivity contribution >= 4 is 32.7 Å². The topological polar surface area (TPSA) is 57.7 Å². The van der Waals surface area contributed by atoms with E-state index in [1.807, 2.05) is 11.0 Å². The van der Waals surface area contributed by atoms with Crippen LogP contribution in [0.15, 0.2) is 12.1 Å². The zero-order valence-corrected chi connectivity index (χ0v) is 14.6. The number of aromatic nitrogens is 1. The van der Waals surface area contributed by atoms with Crippen LogP contribution in [0.5, 0.6) is 5.75 Å². The second-order valence-electron chi connectivity index (χ2n) is 7.00. The summed E-state index contributed by atoms with van der Waals surface area (Å²) in [4.78, 5) is 21.6. The lowest BCUT2D eigenvalue weighted by Gasteiger charge is -2.38. The molecule has 0 aliphatic carbocycles. The largest absolute Gasteiger partial charge is 0.493 e. The van der Waals surface area contributed by atoms with E-state index < -0.39 is 0 Å². The third-order valence-electron chi connectivity index (χ3n) is 5.57. The van der Waals surface area contributed by atoms with Crippen LogP contribution in [0.1, 0.15) is 18.9 Å². The molecule has 3 aliphatic rings. The first kappa shape index (κ1) is 14.5. The Kier molecular flexibility index (Phi) is 3.06. The van der Waals surface area contributed by atoms with E-state index in [1.54, 1.807) is 11.3 Å². The van der Waals surface area contributed by atoms with Gasteiger partial charge in [-0.2, -0.15) is 0 Å². The molecule has 2 aromatic rings. The fraction of sp³-hybridized carbons (Fsp3) is 0.529. The highest BCUT2D eigenvalue weighted by Gasteiger charge is 2.45. The summed E-state index contributed by atoms with van der Waals surface area (Å²) in [7, 11) is 2.12.